The molecule has 0 unspecified atom stereocenters. The zero-order chi connectivity index (χ0) is 27.2. The van der Waals surface area contributed by atoms with Gasteiger partial charge in [0.25, 0.3) is 0 Å². The summed E-state index contributed by atoms with van der Waals surface area (Å²) in [4.78, 5) is 12.5. The topological polar surface area (TPSA) is 84.5 Å². The molecule has 0 bridgehead atoms. The molecule has 8 heteroatoms. The zero-order valence-corrected chi connectivity index (χ0v) is 22.3. The Balaban J connectivity index is 1.48. The molecule has 0 aliphatic heterocycles. The molecule has 202 valence electrons. The molecule has 3 aromatic rings. The van der Waals surface area contributed by atoms with E-state index in [1.54, 1.807) is 33.5 Å². The van der Waals surface area contributed by atoms with E-state index in [-0.39, 0.29) is 0 Å². The SMILES string of the molecule is COC(=O)C(=Cc1cc(OC)cc(OC)c1)c1ccc(OCCCNCCOc2ccccc2OC)cc1. The van der Waals surface area contributed by atoms with E-state index in [9.17, 15) is 4.79 Å². The van der Waals surface area contributed by atoms with Gasteiger partial charge in [-0.15, -0.1) is 0 Å². The Morgan fingerprint density at radius 2 is 1.42 bits per heavy atom. The molecule has 0 aromatic heterocycles. The van der Waals surface area contributed by atoms with Gasteiger partial charge in [-0.05, 0) is 66.6 Å². The Hall–Kier alpha value is -4.17. The number of nitrogens with one attached hydrogen (secondary N) is 1. The Morgan fingerprint density at radius 1 is 0.737 bits per heavy atom. The smallest absolute Gasteiger partial charge is 0.338 e. The van der Waals surface area contributed by atoms with Crippen LogP contribution in [0.1, 0.15) is 17.5 Å². The van der Waals surface area contributed by atoms with E-state index in [0.29, 0.717) is 42.4 Å². The number of esters is 1. The summed E-state index contributed by atoms with van der Waals surface area (Å²) in [5.41, 5.74) is 1.87. The van der Waals surface area contributed by atoms with Crippen molar-refractivity contribution in [1.29, 1.82) is 0 Å². The average Bonchev–Trinajstić information content (AvgIpc) is 2.97. The van der Waals surface area contributed by atoms with Crippen molar-refractivity contribution in [3.05, 3.63) is 77.9 Å². The molecule has 0 fully saturated rings. The van der Waals surface area contributed by atoms with Gasteiger partial charge in [0.1, 0.15) is 23.9 Å². The van der Waals surface area contributed by atoms with Gasteiger partial charge in [0, 0.05) is 12.6 Å². The van der Waals surface area contributed by atoms with Crippen molar-refractivity contribution in [2.45, 2.75) is 6.42 Å². The first-order valence-corrected chi connectivity index (χ1v) is 12.3. The number of ether oxygens (including phenoxy) is 6. The molecule has 0 aliphatic rings. The summed E-state index contributed by atoms with van der Waals surface area (Å²) >= 11 is 0. The predicted octanol–water partition coefficient (Wildman–Crippen LogP) is 4.86. The average molecular weight is 522 g/mol. The van der Waals surface area contributed by atoms with E-state index in [1.165, 1.54) is 7.11 Å². The van der Waals surface area contributed by atoms with Crippen LogP contribution in [-0.4, -0.2) is 60.7 Å². The second kappa shape index (κ2) is 15.2. The molecular formula is C30H35NO7. The van der Waals surface area contributed by atoms with E-state index < -0.39 is 5.97 Å². The zero-order valence-electron chi connectivity index (χ0n) is 22.3. The molecule has 0 amide bonds. The summed E-state index contributed by atoms with van der Waals surface area (Å²) < 4.78 is 32.6. The van der Waals surface area contributed by atoms with E-state index in [1.807, 2.05) is 60.7 Å². The van der Waals surface area contributed by atoms with Crippen molar-refractivity contribution >= 4 is 17.6 Å². The minimum Gasteiger partial charge on any atom is -0.497 e. The van der Waals surface area contributed by atoms with Crippen LogP contribution in [0.2, 0.25) is 0 Å². The fourth-order valence-electron chi connectivity index (χ4n) is 3.66. The molecule has 0 saturated heterocycles. The molecule has 0 atom stereocenters. The highest BCUT2D eigenvalue weighted by Gasteiger charge is 2.14. The first-order chi connectivity index (χ1) is 18.6. The summed E-state index contributed by atoms with van der Waals surface area (Å²) in [6.07, 6.45) is 2.58. The summed E-state index contributed by atoms with van der Waals surface area (Å²) in [6, 6.07) is 20.3. The molecule has 0 saturated carbocycles. The van der Waals surface area contributed by atoms with Gasteiger partial charge in [-0.3, -0.25) is 0 Å². The molecule has 1 N–H and O–H groups in total. The first-order valence-electron chi connectivity index (χ1n) is 12.3. The standard InChI is InChI=1S/C30H35NO7/c1-33-25-18-22(19-26(21-25)34-2)20-27(30(32)36-4)23-10-12-24(13-11-23)37-16-7-14-31-15-17-38-29-9-6-5-8-28(29)35-3/h5-6,8-13,18-21,31H,7,14-17H2,1-4H3. The van der Waals surface area contributed by atoms with Crippen molar-refractivity contribution in [2.75, 3.05) is 54.7 Å². The molecule has 3 aromatic carbocycles. The molecule has 0 aliphatic carbocycles. The number of rotatable bonds is 15. The number of methoxy groups -OCH3 is 4. The third-order valence-electron chi connectivity index (χ3n) is 5.63. The summed E-state index contributed by atoms with van der Waals surface area (Å²) in [7, 11) is 6.15. The fourth-order valence-corrected chi connectivity index (χ4v) is 3.66. The highest BCUT2D eigenvalue weighted by atomic mass is 16.5. The van der Waals surface area contributed by atoms with E-state index in [0.717, 1.165) is 35.8 Å². The maximum Gasteiger partial charge on any atom is 0.338 e. The van der Waals surface area contributed by atoms with Crippen LogP contribution in [0.15, 0.2) is 66.7 Å². The van der Waals surface area contributed by atoms with Gasteiger partial charge in [0.05, 0.1) is 40.6 Å². The van der Waals surface area contributed by atoms with Crippen molar-refractivity contribution in [3.63, 3.8) is 0 Å². The summed E-state index contributed by atoms with van der Waals surface area (Å²) in [6.45, 7) is 2.62. The van der Waals surface area contributed by atoms with Gasteiger partial charge in [-0.25, -0.2) is 4.79 Å². The number of benzene rings is 3. The highest BCUT2D eigenvalue weighted by molar-refractivity contribution is 6.21. The Morgan fingerprint density at radius 3 is 2.05 bits per heavy atom. The molecule has 3 rings (SSSR count). The van der Waals surface area contributed by atoms with E-state index >= 15 is 0 Å². The van der Waals surface area contributed by atoms with Crippen LogP contribution in [0, 0.1) is 0 Å². The monoisotopic (exact) mass is 521 g/mol. The minimum atomic E-state index is -0.443. The van der Waals surface area contributed by atoms with Crippen molar-refractivity contribution in [2.24, 2.45) is 0 Å². The highest BCUT2D eigenvalue weighted by Crippen LogP contribution is 2.28. The summed E-state index contributed by atoms with van der Waals surface area (Å²) in [5.74, 6) is 2.99. The Kier molecular flexibility index (Phi) is 11.3. The van der Waals surface area contributed by atoms with Crippen molar-refractivity contribution in [3.8, 4) is 28.7 Å². The largest absolute Gasteiger partial charge is 0.497 e. The number of hydrogen-bond donors (Lipinski definition) is 1. The lowest BCUT2D eigenvalue weighted by Gasteiger charge is -2.11. The lowest BCUT2D eigenvalue weighted by Crippen LogP contribution is -2.23. The number of carbonyl (C=O) groups is 1. The van der Waals surface area contributed by atoms with Gasteiger partial charge in [0.15, 0.2) is 11.5 Å². The first kappa shape index (κ1) is 28.4. The number of hydrogen-bond acceptors (Lipinski definition) is 8. The van der Waals surface area contributed by atoms with E-state index in [2.05, 4.69) is 5.32 Å². The van der Waals surface area contributed by atoms with Crippen LogP contribution < -0.4 is 29.0 Å². The molecule has 38 heavy (non-hydrogen) atoms. The number of carbonyl (C=O) groups excluding carboxylic acids is 1. The minimum absolute atomic E-state index is 0.411. The fraction of sp³-hybridized carbons (Fsp3) is 0.300. The van der Waals surface area contributed by atoms with Gasteiger partial charge in [-0.2, -0.15) is 0 Å². The van der Waals surface area contributed by atoms with Crippen LogP contribution >= 0.6 is 0 Å². The summed E-state index contributed by atoms with van der Waals surface area (Å²) in [5, 5.41) is 3.34. The maximum atomic E-state index is 12.5. The van der Waals surface area contributed by atoms with Crippen LogP contribution in [-0.2, 0) is 9.53 Å². The van der Waals surface area contributed by atoms with Gasteiger partial charge in [-0.1, -0.05) is 24.3 Å². The van der Waals surface area contributed by atoms with Crippen molar-refractivity contribution in [1.82, 2.24) is 5.32 Å². The van der Waals surface area contributed by atoms with Gasteiger partial charge < -0.3 is 33.7 Å². The lowest BCUT2D eigenvalue weighted by molar-refractivity contribution is -0.133. The maximum absolute atomic E-state index is 12.5. The molecular weight excluding hydrogens is 486 g/mol. The molecule has 0 radical (unpaired) electrons. The van der Waals surface area contributed by atoms with Crippen LogP contribution in [0.3, 0.4) is 0 Å². The normalized spacial score (nSPS) is 11.0. The van der Waals surface area contributed by atoms with Crippen molar-refractivity contribution < 1.29 is 33.2 Å². The van der Waals surface area contributed by atoms with Crippen LogP contribution in [0.5, 0.6) is 28.7 Å². The van der Waals surface area contributed by atoms with Crippen LogP contribution in [0.4, 0.5) is 0 Å². The van der Waals surface area contributed by atoms with Gasteiger partial charge >= 0.3 is 5.97 Å². The molecule has 8 nitrogen and oxygen atoms in total. The quantitative estimate of drug-likeness (QED) is 0.131. The molecule has 0 spiro atoms. The van der Waals surface area contributed by atoms with Crippen LogP contribution in [0.25, 0.3) is 11.6 Å². The predicted molar refractivity (Wildman–Crippen MR) is 147 cm³/mol. The second-order valence-electron chi connectivity index (χ2n) is 8.17. The Bertz CT molecular complexity index is 1170. The van der Waals surface area contributed by atoms with E-state index in [4.69, 9.17) is 28.4 Å². The molecule has 0 heterocycles. The third-order valence-corrected chi connectivity index (χ3v) is 5.63. The van der Waals surface area contributed by atoms with Gasteiger partial charge in [0.2, 0.25) is 0 Å². The third kappa shape index (κ3) is 8.45. The Labute approximate surface area is 224 Å². The number of para-hydroxylation sites is 2. The lowest BCUT2D eigenvalue weighted by atomic mass is 10.0. The second-order valence-corrected chi connectivity index (χ2v) is 8.17.